The molecule has 0 aromatic heterocycles. The second kappa shape index (κ2) is 4.24. The predicted molar refractivity (Wildman–Crippen MR) is 64.3 cm³/mol. The van der Waals surface area contributed by atoms with Crippen LogP contribution in [0.3, 0.4) is 0 Å². The van der Waals surface area contributed by atoms with E-state index in [0.29, 0.717) is 5.41 Å². The summed E-state index contributed by atoms with van der Waals surface area (Å²) in [6.07, 6.45) is 4.22. The molecule has 0 saturated heterocycles. The Labute approximate surface area is 90.5 Å². The maximum Gasteiger partial charge on any atom is -0.0218 e. The highest BCUT2D eigenvalue weighted by molar-refractivity contribution is 5.05. The Bertz CT molecular complexity index is 182. The van der Waals surface area contributed by atoms with E-state index in [1.165, 1.54) is 19.3 Å². The van der Waals surface area contributed by atoms with Gasteiger partial charge in [0.15, 0.2) is 0 Å². The minimum atomic E-state index is 0.689. The first-order valence-corrected chi connectivity index (χ1v) is 6.46. The molecule has 0 heterocycles. The molecular formula is C14H28. The van der Waals surface area contributed by atoms with E-state index in [4.69, 9.17) is 0 Å². The van der Waals surface area contributed by atoms with Gasteiger partial charge in [-0.25, -0.2) is 0 Å². The van der Waals surface area contributed by atoms with E-state index in [1.807, 2.05) is 0 Å². The van der Waals surface area contributed by atoms with Gasteiger partial charge < -0.3 is 0 Å². The van der Waals surface area contributed by atoms with Gasteiger partial charge in [0, 0.05) is 0 Å². The molecule has 1 fully saturated rings. The highest BCUT2D eigenvalue weighted by atomic mass is 14.6. The molecule has 1 aliphatic rings. The lowest BCUT2D eigenvalue weighted by atomic mass is 9.72. The third-order valence-corrected chi connectivity index (χ3v) is 4.94. The second-order valence-electron chi connectivity index (χ2n) is 5.93. The zero-order valence-corrected chi connectivity index (χ0v) is 10.9. The highest BCUT2D eigenvalue weighted by Crippen LogP contribution is 2.64. The average molecular weight is 196 g/mol. The Morgan fingerprint density at radius 1 is 1.21 bits per heavy atom. The van der Waals surface area contributed by atoms with Crippen LogP contribution in [0.2, 0.25) is 0 Å². The number of rotatable bonds is 5. The molecule has 0 bridgehead atoms. The highest BCUT2D eigenvalue weighted by Gasteiger charge is 2.57. The summed E-state index contributed by atoms with van der Waals surface area (Å²) < 4.78 is 0. The molecule has 0 nitrogen and oxygen atoms in total. The van der Waals surface area contributed by atoms with Crippen LogP contribution in [0.15, 0.2) is 0 Å². The summed E-state index contributed by atoms with van der Waals surface area (Å²) in [6, 6.07) is 0. The molecule has 0 aliphatic heterocycles. The first-order valence-electron chi connectivity index (χ1n) is 6.46. The lowest BCUT2D eigenvalue weighted by Gasteiger charge is -2.33. The van der Waals surface area contributed by atoms with Crippen LogP contribution in [0.25, 0.3) is 0 Å². The van der Waals surface area contributed by atoms with Gasteiger partial charge in [-0.3, -0.25) is 0 Å². The lowest BCUT2D eigenvalue weighted by Crippen LogP contribution is -2.26. The quantitative estimate of drug-likeness (QED) is 0.595. The molecule has 1 aliphatic carbocycles. The monoisotopic (exact) mass is 196 g/mol. The van der Waals surface area contributed by atoms with Crippen LogP contribution in [0.5, 0.6) is 0 Å². The van der Waals surface area contributed by atoms with Crippen LogP contribution in [-0.2, 0) is 0 Å². The molecule has 0 N–H and O–H groups in total. The van der Waals surface area contributed by atoms with Gasteiger partial charge in [-0.1, -0.05) is 54.4 Å². The molecule has 1 rings (SSSR count). The zero-order chi connectivity index (χ0) is 10.9. The second-order valence-corrected chi connectivity index (χ2v) is 5.93. The van der Waals surface area contributed by atoms with Crippen molar-refractivity contribution in [2.24, 2.45) is 29.1 Å². The van der Waals surface area contributed by atoms with Gasteiger partial charge in [-0.15, -0.1) is 0 Å². The Morgan fingerprint density at radius 2 is 1.71 bits per heavy atom. The maximum absolute atomic E-state index is 2.49. The van der Waals surface area contributed by atoms with E-state index >= 15 is 0 Å². The molecule has 14 heavy (non-hydrogen) atoms. The Morgan fingerprint density at radius 3 is 2.00 bits per heavy atom. The van der Waals surface area contributed by atoms with Crippen molar-refractivity contribution in [1.82, 2.24) is 0 Å². The largest absolute Gasteiger partial charge is 0.0654 e. The van der Waals surface area contributed by atoms with Gasteiger partial charge in [0.2, 0.25) is 0 Å². The normalized spacial score (nSPS) is 35.8. The third kappa shape index (κ3) is 1.85. The van der Waals surface area contributed by atoms with Crippen LogP contribution in [0.4, 0.5) is 0 Å². The molecule has 0 aromatic carbocycles. The van der Waals surface area contributed by atoms with E-state index in [1.54, 1.807) is 0 Å². The first-order chi connectivity index (χ1) is 6.46. The van der Waals surface area contributed by atoms with Gasteiger partial charge >= 0.3 is 0 Å². The van der Waals surface area contributed by atoms with E-state index in [2.05, 4.69) is 41.5 Å². The maximum atomic E-state index is 2.49. The van der Waals surface area contributed by atoms with Crippen molar-refractivity contribution < 1.29 is 0 Å². The zero-order valence-electron chi connectivity index (χ0n) is 10.9. The molecule has 0 amide bonds. The Hall–Kier alpha value is 0. The van der Waals surface area contributed by atoms with E-state index in [0.717, 1.165) is 23.7 Å². The minimum absolute atomic E-state index is 0.689. The topological polar surface area (TPSA) is 0 Å². The van der Waals surface area contributed by atoms with Gasteiger partial charge in [0.1, 0.15) is 0 Å². The smallest absolute Gasteiger partial charge is 0.0218 e. The number of hydrogen-bond donors (Lipinski definition) is 0. The van der Waals surface area contributed by atoms with Crippen molar-refractivity contribution in [3.63, 3.8) is 0 Å². The van der Waals surface area contributed by atoms with Crippen LogP contribution >= 0.6 is 0 Å². The third-order valence-electron chi connectivity index (χ3n) is 4.94. The Balaban J connectivity index is 2.62. The minimum Gasteiger partial charge on any atom is -0.0654 e. The fraction of sp³-hybridized carbons (Fsp3) is 1.00. The van der Waals surface area contributed by atoms with Crippen molar-refractivity contribution in [3.05, 3.63) is 0 Å². The summed E-state index contributed by atoms with van der Waals surface area (Å²) in [5, 5.41) is 0. The van der Waals surface area contributed by atoms with Gasteiger partial charge in [-0.2, -0.15) is 0 Å². The molecule has 84 valence electrons. The summed E-state index contributed by atoms with van der Waals surface area (Å²) in [6.45, 7) is 14.5. The molecule has 4 unspecified atom stereocenters. The summed E-state index contributed by atoms with van der Waals surface area (Å²) in [5.74, 6) is 3.66. The summed E-state index contributed by atoms with van der Waals surface area (Å²) in [7, 11) is 0. The molecule has 1 saturated carbocycles. The van der Waals surface area contributed by atoms with Crippen LogP contribution < -0.4 is 0 Å². The van der Waals surface area contributed by atoms with E-state index in [-0.39, 0.29) is 0 Å². The van der Waals surface area contributed by atoms with E-state index in [9.17, 15) is 0 Å². The average Bonchev–Trinajstić information content (AvgIpc) is 2.78. The number of hydrogen-bond acceptors (Lipinski definition) is 0. The van der Waals surface area contributed by atoms with Gasteiger partial charge in [0.05, 0.1) is 0 Å². The molecule has 4 atom stereocenters. The molecule has 0 spiro atoms. The van der Waals surface area contributed by atoms with Crippen molar-refractivity contribution in [2.45, 2.75) is 60.8 Å². The molecular weight excluding hydrogens is 168 g/mol. The fourth-order valence-electron chi connectivity index (χ4n) is 3.67. The van der Waals surface area contributed by atoms with Gasteiger partial charge in [0.25, 0.3) is 0 Å². The van der Waals surface area contributed by atoms with Crippen molar-refractivity contribution in [2.75, 3.05) is 0 Å². The molecule has 0 radical (unpaired) electrons. The van der Waals surface area contributed by atoms with Gasteiger partial charge in [-0.05, 0) is 35.5 Å². The molecule has 0 aromatic rings. The van der Waals surface area contributed by atoms with E-state index < -0.39 is 0 Å². The van der Waals surface area contributed by atoms with Crippen LogP contribution in [0, 0.1) is 29.1 Å². The standard InChI is InChI=1S/C14H28/c1-7-8-11(4)13(6)14(10(2)3)9-12(14)5/h10-13H,7-9H2,1-6H3. The fourth-order valence-corrected chi connectivity index (χ4v) is 3.67. The predicted octanol–water partition coefficient (Wildman–Crippen LogP) is 4.74. The van der Waals surface area contributed by atoms with Crippen molar-refractivity contribution in [3.8, 4) is 0 Å². The summed E-state index contributed by atoms with van der Waals surface area (Å²) >= 11 is 0. The van der Waals surface area contributed by atoms with Crippen molar-refractivity contribution >= 4 is 0 Å². The summed E-state index contributed by atoms with van der Waals surface area (Å²) in [4.78, 5) is 0. The van der Waals surface area contributed by atoms with Crippen LogP contribution in [0.1, 0.15) is 60.8 Å². The molecule has 0 heteroatoms. The SMILES string of the molecule is CCCC(C)C(C)C1(C(C)C)CC1C. The van der Waals surface area contributed by atoms with Crippen LogP contribution in [-0.4, -0.2) is 0 Å². The first kappa shape index (κ1) is 12.1. The lowest BCUT2D eigenvalue weighted by molar-refractivity contribution is 0.156. The van der Waals surface area contributed by atoms with Crippen molar-refractivity contribution in [1.29, 1.82) is 0 Å². The summed E-state index contributed by atoms with van der Waals surface area (Å²) in [5.41, 5.74) is 0.689. The Kier molecular flexibility index (Phi) is 3.66.